The van der Waals surface area contributed by atoms with E-state index in [1.54, 1.807) is 11.8 Å². The lowest BCUT2D eigenvalue weighted by atomic mass is 10.4. The van der Waals surface area contributed by atoms with Gasteiger partial charge >= 0.3 is 0 Å². The largest absolute Gasteiger partial charge is 0.270 e. The molecular weight excluding hydrogens is 120 g/mol. The number of hydrogen-bond donors (Lipinski definition) is 2. The van der Waals surface area contributed by atoms with E-state index in [0.717, 1.165) is 5.75 Å². The number of rotatable bonds is 3. The third-order valence-electron chi connectivity index (χ3n) is 0.736. The summed E-state index contributed by atoms with van der Waals surface area (Å²) in [6.45, 7) is 0. The quantitative estimate of drug-likeness (QED) is 0.316. The van der Waals surface area contributed by atoms with E-state index >= 15 is 0 Å². The van der Waals surface area contributed by atoms with Crippen molar-refractivity contribution in [1.82, 2.24) is 5.43 Å². The van der Waals surface area contributed by atoms with Crippen molar-refractivity contribution in [2.75, 3.05) is 12.0 Å². The summed E-state index contributed by atoms with van der Waals surface area (Å²) in [6.07, 6.45) is 7.05. The lowest BCUT2D eigenvalue weighted by Crippen LogP contribution is -2.35. The molecule has 0 amide bonds. The lowest BCUT2D eigenvalue weighted by Gasteiger charge is -2.04. The molecule has 0 aliphatic heterocycles. The van der Waals surface area contributed by atoms with Gasteiger partial charge in [0.2, 0.25) is 0 Å². The summed E-state index contributed by atoms with van der Waals surface area (Å²) in [5, 5.41) is 0. The zero-order valence-corrected chi connectivity index (χ0v) is 5.66. The Hall–Kier alpha value is -0.170. The fourth-order valence-corrected chi connectivity index (χ4v) is 0.837. The highest BCUT2D eigenvalue weighted by atomic mass is 32.2. The molecule has 1 atom stereocenters. The summed E-state index contributed by atoms with van der Waals surface area (Å²) in [7, 11) is 0. The summed E-state index contributed by atoms with van der Waals surface area (Å²) in [5.41, 5.74) is 2.50. The molecule has 0 aromatic rings. The summed E-state index contributed by atoms with van der Waals surface area (Å²) < 4.78 is 0. The molecule has 0 radical (unpaired) electrons. The Morgan fingerprint density at radius 1 is 2.00 bits per heavy atom. The zero-order chi connectivity index (χ0) is 6.41. The zero-order valence-electron chi connectivity index (χ0n) is 4.85. The van der Waals surface area contributed by atoms with E-state index in [1.165, 1.54) is 0 Å². The van der Waals surface area contributed by atoms with E-state index in [-0.39, 0.29) is 6.04 Å². The van der Waals surface area contributed by atoms with Crippen LogP contribution < -0.4 is 11.3 Å². The Morgan fingerprint density at radius 3 is 2.75 bits per heavy atom. The predicted molar refractivity (Wildman–Crippen MR) is 38.3 cm³/mol. The van der Waals surface area contributed by atoms with Gasteiger partial charge in [0.1, 0.15) is 0 Å². The first-order valence-electron chi connectivity index (χ1n) is 2.26. The number of hydrazine groups is 1. The van der Waals surface area contributed by atoms with Crippen LogP contribution in [0, 0.1) is 12.3 Å². The van der Waals surface area contributed by atoms with Gasteiger partial charge in [-0.3, -0.25) is 5.84 Å². The van der Waals surface area contributed by atoms with E-state index in [4.69, 9.17) is 12.3 Å². The lowest BCUT2D eigenvalue weighted by molar-refractivity contribution is 0.695. The van der Waals surface area contributed by atoms with Crippen LogP contribution in [0.25, 0.3) is 0 Å². The van der Waals surface area contributed by atoms with Gasteiger partial charge in [-0.25, -0.2) is 5.43 Å². The van der Waals surface area contributed by atoms with Crippen molar-refractivity contribution in [3.63, 3.8) is 0 Å². The van der Waals surface area contributed by atoms with Gasteiger partial charge in [-0.2, -0.15) is 11.8 Å². The van der Waals surface area contributed by atoms with E-state index in [1.807, 2.05) is 6.26 Å². The normalized spacial score (nSPS) is 12.6. The van der Waals surface area contributed by atoms with Crippen molar-refractivity contribution >= 4 is 11.8 Å². The summed E-state index contributed by atoms with van der Waals surface area (Å²) in [5.74, 6) is 8.43. The molecule has 0 saturated heterocycles. The van der Waals surface area contributed by atoms with Crippen molar-refractivity contribution in [2.45, 2.75) is 6.04 Å². The molecule has 3 heteroatoms. The van der Waals surface area contributed by atoms with E-state index in [9.17, 15) is 0 Å². The fourth-order valence-electron chi connectivity index (χ4n) is 0.311. The highest BCUT2D eigenvalue weighted by molar-refractivity contribution is 7.98. The van der Waals surface area contributed by atoms with E-state index < -0.39 is 0 Å². The molecule has 0 spiro atoms. The molecule has 0 aliphatic carbocycles. The number of nitrogens with two attached hydrogens (primary N) is 1. The Morgan fingerprint density at radius 2 is 2.62 bits per heavy atom. The minimum atomic E-state index is 0.0185. The van der Waals surface area contributed by atoms with Crippen molar-refractivity contribution in [3.05, 3.63) is 0 Å². The summed E-state index contributed by atoms with van der Waals surface area (Å²) in [6, 6.07) is 0.0185. The van der Waals surface area contributed by atoms with Crippen LogP contribution in [0.2, 0.25) is 0 Å². The van der Waals surface area contributed by atoms with E-state index in [0.29, 0.717) is 0 Å². The molecule has 0 heterocycles. The van der Waals surface area contributed by atoms with Crippen molar-refractivity contribution < 1.29 is 0 Å². The van der Waals surface area contributed by atoms with Gasteiger partial charge in [0.05, 0.1) is 6.04 Å². The van der Waals surface area contributed by atoms with Crippen LogP contribution in [0.5, 0.6) is 0 Å². The SMILES string of the molecule is C#CC(CSC)NN. The van der Waals surface area contributed by atoms with Crippen molar-refractivity contribution in [2.24, 2.45) is 5.84 Å². The molecule has 0 bridgehead atoms. The molecule has 0 rings (SSSR count). The highest BCUT2D eigenvalue weighted by Gasteiger charge is 1.96. The van der Waals surface area contributed by atoms with Gasteiger partial charge in [0, 0.05) is 5.75 Å². The van der Waals surface area contributed by atoms with Crippen LogP contribution in [0.1, 0.15) is 0 Å². The smallest absolute Gasteiger partial charge is 0.0904 e. The van der Waals surface area contributed by atoms with Gasteiger partial charge in [-0.1, -0.05) is 5.92 Å². The topological polar surface area (TPSA) is 38.0 Å². The van der Waals surface area contributed by atoms with Gasteiger partial charge < -0.3 is 0 Å². The second kappa shape index (κ2) is 4.98. The maximum atomic E-state index is 5.06. The first kappa shape index (κ1) is 7.83. The van der Waals surface area contributed by atoms with Gasteiger partial charge in [-0.15, -0.1) is 6.42 Å². The molecule has 46 valence electrons. The fraction of sp³-hybridized carbons (Fsp3) is 0.600. The molecule has 0 aromatic heterocycles. The third-order valence-corrected chi connectivity index (χ3v) is 1.40. The Labute approximate surface area is 54.2 Å². The number of nitrogens with one attached hydrogen (secondary N) is 1. The van der Waals surface area contributed by atoms with Gasteiger partial charge in [-0.05, 0) is 6.26 Å². The second-order valence-electron chi connectivity index (χ2n) is 1.34. The van der Waals surface area contributed by atoms with Crippen molar-refractivity contribution in [3.8, 4) is 12.3 Å². The molecule has 0 aliphatic rings. The molecule has 3 N–H and O–H groups in total. The molecule has 2 nitrogen and oxygen atoms in total. The predicted octanol–water partition coefficient (Wildman–Crippen LogP) is -0.185. The van der Waals surface area contributed by atoms with Crippen LogP contribution in [-0.4, -0.2) is 18.1 Å². The highest BCUT2D eigenvalue weighted by Crippen LogP contribution is 1.93. The monoisotopic (exact) mass is 130 g/mol. The first-order chi connectivity index (χ1) is 3.85. The molecule has 8 heavy (non-hydrogen) atoms. The maximum Gasteiger partial charge on any atom is 0.0904 e. The molecule has 0 aromatic carbocycles. The summed E-state index contributed by atoms with van der Waals surface area (Å²) in [4.78, 5) is 0. The Bertz CT molecular complexity index is 86.9. The van der Waals surface area contributed by atoms with Crippen LogP contribution in [0.3, 0.4) is 0 Å². The average Bonchev–Trinajstić information content (AvgIpc) is 1.83. The molecular formula is C5H10N2S. The number of thioether (sulfide) groups is 1. The molecule has 0 fully saturated rings. The maximum absolute atomic E-state index is 5.06. The average molecular weight is 130 g/mol. The third kappa shape index (κ3) is 2.92. The molecule has 1 unspecified atom stereocenters. The Kier molecular flexibility index (Phi) is 4.87. The number of terminal acetylenes is 1. The number of hydrogen-bond acceptors (Lipinski definition) is 3. The molecule has 0 saturated carbocycles. The van der Waals surface area contributed by atoms with Crippen LogP contribution >= 0.6 is 11.8 Å². The first-order valence-corrected chi connectivity index (χ1v) is 3.65. The van der Waals surface area contributed by atoms with Gasteiger partial charge in [0.15, 0.2) is 0 Å². The standard InChI is InChI=1S/C5H10N2S/c1-3-5(7-6)4-8-2/h1,5,7H,4,6H2,2H3. The van der Waals surface area contributed by atoms with Crippen LogP contribution in [0.15, 0.2) is 0 Å². The van der Waals surface area contributed by atoms with Crippen LogP contribution in [0.4, 0.5) is 0 Å². The van der Waals surface area contributed by atoms with E-state index in [2.05, 4.69) is 11.3 Å². The van der Waals surface area contributed by atoms with Crippen LogP contribution in [-0.2, 0) is 0 Å². The minimum Gasteiger partial charge on any atom is -0.270 e. The van der Waals surface area contributed by atoms with Gasteiger partial charge in [0.25, 0.3) is 0 Å². The Balaban J connectivity index is 3.26. The van der Waals surface area contributed by atoms with Crippen molar-refractivity contribution in [1.29, 1.82) is 0 Å². The summed E-state index contributed by atoms with van der Waals surface area (Å²) >= 11 is 1.67. The second-order valence-corrected chi connectivity index (χ2v) is 2.25. The minimum absolute atomic E-state index is 0.0185.